The molecular formula is C27H21BrClFN4O3. The largest absolute Gasteiger partial charge is 0.392 e. The third-order valence-electron chi connectivity index (χ3n) is 6.40. The number of nitrogens with zero attached hydrogens (tertiary/aromatic N) is 4. The van der Waals surface area contributed by atoms with Crippen LogP contribution in [-0.2, 0) is 24.2 Å². The highest BCUT2D eigenvalue weighted by Gasteiger charge is 2.37. The fraction of sp³-hybridized carbons (Fsp3) is 0.185. The van der Waals surface area contributed by atoms with Crippen LogP contribution in [0.15, 0.2) is 71.3 Å². The molecule has 10 heteroatoms. The van der Waals surface area contributed by atoms with Gasteiger partial charge in [0.05, 0.1) is 17.8 Å². The van der Waals surface area contributed by atoms with Gasteiger partial charge >= 0.3 is 0 Å². The first kappa shape index (κ1) is 25.3. The van der Waals surface area contributed by atoms with E-state index >= 15 is 0 Å². The molecule has 1 unspecified atom stereocenters. The van der Waals surface area contributed by atoms with E-state index in [0.29, 0.717) is 13.0 Å². The van der Waals surface area contributed by atoms with E-state index in [1.807, 2.05) is 18.2 Å². The highest BCUT2D eigenvalue weighted by molar-refractivity contribution is 9.10. The van der Waals surface area contributed by atoms with Crippen LogP contribution in [0.2, 0.25) is 5.02 Å². The lowest BCUT2D eigenvalue weighted by Crippen LogP contribution is -2.44. The quantitative estimate of drug-likeness (QED) is 0.350. The lowest BCUT2D eigenvalue weighted by atomic mass is 9.87. The predicted molar refractivity (Wildman–Crippen MR) is 139 cm³/mol. The van der Waals surface area contributed by atoms with Gasteiger partial charge in [0, 0.05) is 17.4 Å². The summed E-state index contributed by atoms with van der Waals surface area (Å²) >= 11 is 9.46. The Labute approximate surface area is 225 Å². The second-order valence-electron chi connectivity index (χ2n) is 8.70. The van der Waals surface area contributed by atoms with Crippen molar-refractivity contribution in [3.8, 4) is 5.69 Å². The van der Waals surface area contributed by atoms with E-state index < -0.39 is 17.8 Å². The van der Waals surface area contributed by atoms with Crippen LogP contribution >= 0.6 is 27.5 Å². The van der Waals surface area contributed by atoms with Crippen LogP contribution in [0.5, 0.6) is 0 Å². The molecule has 5 rings (SSSR count). The van der Waals surface area contributed by atoms with Gasteiger partial charge in [0.1, 0.15) is 11.7 Å². The highest BCUT2D eigenvalue weighted by atomic mass is 79.9. The van der Waals surface area contributed by atoms with Crippen LogP contribution in [0.25, 0.3) is 5.69 Å². The highest BCUT2D eigenvalue weighted by Crippen LogP contribution is 2.36. The third-order valence-corrected chi connectivity index (χ3v) is 7.44. The van der Waals surface area contributed by atoms with Crippen molar-refractivity contribution in [2.75, 3.05) is 6.54 Å². The molecule has 1 amide bonds. The summed E-state index contributed by atoms with van der Waals surface area (Å²) in [6.45, 7) is 0.215. The zero-order valence-electron chi connectivity index (χ0n) is 19.4. The molecule has 1 atom stereocenters. The molecule has 2 heterocycles. The van der Waals surface area contributed by atoms with Crippen LogP contribution in [0.3, 0.4) is 0 Å². The van der Waals surface area contributed by atoms with Gasteiger partial charge in [0.25, 0.3) is 5.91 Å². The van der Waals surface area contributed by atoms with Crippen LogP contribution < -0.4 is 0 Å². The minimum Gasteiger partial charge on any atom is -0.392 e. The number of carbonyl (C=O) groups excluding carboxylic acids is 2. The van der Waals surface area contributed by atoms with Crippen LogP contribution in [-0.4, -0.2) is 43.2 Å². The van der Waals surface area contributed by atoms with Crippen LogP contribution in [0.4, 0.5) is 4.39 Å². The third kappa shape index (κ3) is 4.94. The Morgan fingerprint density at radius 2 is 1.81 bits per heavy atom. The summed E-state index contributed by atoms with van der Waals surface area (Å²) in [6.07, 6.45) is 1.99. The summed E-state index contributed by atoms with van der Waals surface area (Å²) in [4.78, 5) is 28.8. The van der Waals surface area contributed by atoms with E-state index in [2.05, 4.69) is 26.2 Å². The number of hydrogen-bond acceptors (Lipinski definition) is 5. The monoisotopic (exact) mass is 582 g/mol. The van der Waals surface area contributed by atoms with Crippen LogP contribution in [0, 0.1) is 5.82 Å². The lowest BCUT2D eigenvalue weighted by molar-refractivity contribution is -0.123. The fourth-order valence-corrected chi connectivity index (χ4v) is 5.30. The summed E-state index contributed by atoms with van der Waals surface area (Å²) in [6, 6.07) is 16.4. The molecule has 0 spiro atoms. The summed E-state index contributed by atoms with van der Waals surface area (Å²) in [7, 11) is 0. The van der Waals surface area contributed by atoms with Crippen molar-refractivity contribution in [1.82, 2.24) is 19.9 Å². The maximum atomic E-state index is 14.5. The molecule has 1 aliphatic heterocycles. The number of halogens is 3. The van der Waals surface area contributed by atoms with Crippen molar-refractivity contribution in [2.24, 2.45) is 0 Å². The van der Waals surface area contributed by atoms with Gasteiger partial charge in [0.2, 0.25) is 0 Å². The number of aliphatic hydroxyl groups is 1. The number of fused-ring (bicyclic) bond motifs is 1. The molecule has 0 fully saturated rings. The molecule has 37 heavy (non-hydrogen) atoms. The number of benzene rings is 3. The van der Waals surface area contributed by atoms with Crippen molar-refractivity contribution in [3.63, 3.8) is 0 Å². The second-order valence-corrected chi connectivity index (χ2v) is 9.96. The average Bonchev–Trinajstić information content (AvgIpc) is 3.40. The molecule has 3 aromatic carbocycles. The molecule has 1 aliphatic rings. The van der Waals surface area contributed by atoms with Crippen molar-refractivity contribution in [3.05, 3.63) is 110 Å². The molecule has 4 aromatic rings. The number of rotatable bonds is 6. The van der Waals surface area contributed by atoms with E-state index in [1.165, 1.54) is 23.2 Å². The number of hydrogen-bond donors (Lipinski definition) is 1. The van der Waals surface area contributed by atoms with Gasteiger partial charge in [-0.25, -0.2) is 9.07 Å². The number of amides is 1. The topological polar surface area (TPSA) is 88.3 Å². The number of aliphatic hydroxyl groups excluding tert-OH is 1. The Balaban J connectivity index is 1.48. The normalized spacial score (nSPS) is 14.9. The number of carbonyl (C=O) groups is 2. The minimum absolute atomic E-state index is 0.0112. The smallest absolute Gasteiger partial charge is 0.276 e. The minimum atomic E-state index is -0.834. The van der Waals surface area contributed by atoms with Gasteiger partial charge in [-0.2, -0.15) is 0 Å². The van der Waals surface area contributed by atoms with Gasteiger partial charge in [-0.15, -0.1) is 5.10 Å². The number of ketones is 1. The molecule has 0 aliphatic carbocycles. The van der Waals surface area contributed by atoms with Crippen molar-refractivity contribution < 1.29 is 19.1 Å². The number of aromatic nitrogens is 3. The van der Waals surface area contributed by atoms with E-state index in [4.69, 9.17) is 11.6 Å². The Kier molecular flexibility index (Phi) is 7.19. The molecule has 188 valence electrons. The lowest BCUT2D eigenvalue weighted by Gasteiger charge is -2.36. The molecule has 1 N–H and O–H groups in total. The first-order chi connectivity index (χ1) is 17.9. The van der Waals surface area contributed by atoms with Gasteiger partial charge in [0.15, 0.2) is 17.3 Å². The Morgan fingerprint density at radius 3 is 2.57 bits per heavy atom. The fourth-order valence-electron chi connectivity index (χ4n) is 4.55. The SMILES string of the molecule is O=C(Cc1ccc(CO)cc1)C1c2cccc(Br)c2CCN1C(=O)c1cn(-c2cccc(Cl)c2F)nn1. The maximum Gasteiger partial charge on any atom is 0.276 e. The molecule has 0 bridgehead atoms. The summed E-state index contributed by atoms with van der Waals surface area (Å²) in [5.41, 5.74) is 3.30. The second kappa shape index (κ2) is 10.5. The average molecular weight is 584 g/mol. The van der Waals surface area contributed by atoms with Gasteiger partial charge in [-0.1, -0.05) is 75.2 Å². The summed E-state index contributed by atoms with van der Waals surface area (Å²) in [5.74, 6) is -1.31. The van der Waals surface area contributed by atoms with E-state index in [1.54, 1.807) is 30.3 Å². The Hall–Kier alpha value is -3.40. The van der Waals surface area contributed by atoms with E-state index in [-0.39, 0.29) is 35.2 Å². The van der Waals surface area contributed by atoms with Crippen LogP contribution in [0.1, 0.15) is 38.8 Å². The Morgan fingerprint density at radius 1 is 1.08 bits per heavy atom. The van der Waals surface area contributed by atoms with E-state index in [9.17, 15) is 19.1 Å². The molecule has 0 saturated heterocycles. The standard InChI is InChI=1S/C27H21BrClFN4O3/c28-20-4-1-3-19-18(20)11-12-33(26(19)24(36)13-16-7-9-17(15-35)10-8-16)27(37)22-14-34(32-31-22)23-6-2-5-21(29)25(23)30/h1-10,14,26,35H,11-13,15H2. The molecule has 0 saturated carbocycles. The molecule has 7 nitrogen and oxygen atoms in total. The number of Topliss-reactive ketones (excluding diaryl/α,β-unsaturated/α-hetero) is 1. The molecule has 1 aromatic heterocycles. The zero-order chi connectivity index (χ0) is 26.1. The summed E-state index contributed by atoms with van der Waals surface area (Å²) in [5, 5.41) is 17.1. The summed E-state index contributed by atoms with van der Waals surface area (Å²) < 4.78 is 16.5. The zero-order valence-corrected chi connectivity index (χ0v) is 21.8. The predicted octanol–water partition coefficient (Wildman–Crippen LogP) is 4.87. The van der Waals surface area contributed by atoms with Crippen molar-refractivity contribution >= 4 is 39.2 Å². The van der Waals surface area contributed by atoms with E-state index in [0.717, 1.165) is 31.4 Å². The van der Waals surface area contributed by atoms with Gasteiger partial charge in [-0.3, -0.25) is 9.59 Å². The Bertz CT molecular complexity index is 1490. The first-order valence-corrected chi connectivity index (χ1v) is 12.7. The van der Waals surface area contributed by atoms with Crippen molar-refractivity contribution in [1.29, 1.82) is 0 Å². The molecule has 0 radical (unpaired) electrons. The first-order valence-electron chi connectivity index (χ1n) is 11.5. The van der Waals surface area contributed by atoms with Gasteiger partial charge < -0.3 is 10.0 Å². The molecular weight excluding hydrogens is 563 g/mol. The van der Waals surface area contributed by atoms with Crippen molar-refractivity contribution in [2.45, 2.75) is 25.5 Å². The van der Waals surface area contributed by atoms with Gasteiger partial charge in [-0.05, 0) is 46.9 Å². The maximum absolute atomic E-state index is 14.5.